The number of ketones is 1. The highest BCUT2D eigenvalue weighted by Gasteiger charge is 2.25. The normalized spacial score (nSPS) is 15.1. The first-order valence-corrected chi connectivity index (χ1v) is 10.8. The molecule has 7 nitrogen and oxygen atoms in total. The fourth-order valence-corrected chi connectivity index (χ4v) is 3.94. The number of carbonyl (C=O) groups is 2. The number of likely N-dealkylation sites (tertiary alicyclic amines) is 1. The number of benzene rings is 2. The number of hydrogen-bond acceptors (Lipinski definition) is 6. The monoisotopic (exact) mass is 441 g/mol. The van der Waals surface area contributed by atoms with Crippen molar-refractivity contribution < 1.29 is 18.8 Å². The molecule has 1 aliphatic heterocycles. The van der Waals surface area contributed by atoms with E-state index in [9.17, 15) is 9.59 Å². The molecule has 1 N–H and O–H groups in total. The number of fused-ring (bicyclic) bond motifs is 1. The molecule has 3 aromatic rings. The van der Waals surface area contributed by atoms with Crippen LogP contribution in [0.15, 0.2) is 53.2 Å². The molecule has 0 unspecified atom stereocenters. The third-order valence-electron chi connectivity index (χ3n) is 5.54. The van der Waals surface area contributed by atoms with Gasteiger partial charge >= 0.3 is 6.09 Å². The highest BCUT2D eigenvalue weighted by Crippen LogP contribution is 2.23. The summed E-state index contributed by atoms with van der Waals surface area (Å²) in [7, 11) is 0. The molecule has 1 aromatic heterocycles. The lowest BCUT2D eigenvalue weighted by Crippen LogP contribution is -2.37. The molecule has 0 spiro atoms. The maximum atomic E-state index is 12.6. The lowest BCUT2D eigenvalue weighted by atomic mass is 9.89. The third-order valence-corrected chi connectivity index (χ3v) is 5.79. The Balaban J connectivity index is 1.13. The van der Waals surface area contributed by atoms with Crippen LogP contribution in [-0.2, 0) is 4.74 Å². The topological polar surface area (TPSA) is 84.7 Å². The van der Waals surface area contributed by atoms with E-state index in [4.69, 9.17) is 20.9 Å². The van der Waals surface area contributed by atoms with Gasteiger partial charge in [-0.2, -0.15) is 0 Å². The number of hydrogen-bond donors (Lipinski definition) is 1. The second-order valence-corrected chi connectivity index (χ2v) is 8.12. The van der Waals surface area contributed by atoms with E-state index in [0.717, 1.165) is 49.8 Å². The van der Waals surface area contributed by atoms with Crippen LogP contribution in [0.5, 0.6) is 0 Å². The lowest BCUT2D eigenvalue weighted by Gasteiger charge is -2.31. The summed E-state index contributed by atoms with van der Waals surface area (Å²) < 4.78 is 10.4. The number of nitrogens with one attached hydrogen (secondary N) is 1. The Kier molecular flexibility index (Phi) is 6.84. The standard InChI is InChI=1S/C23H24ClN3O4/c24-19-5-2-16(3-6-19)22(28)17-8-11-27(12-9-17)10-1-13-30-23(29)26-20-7-4-18-15-25-31-21(18)14-20/h2-7,14-15,17H,1,8-13H2,(H,26,29). The number of rotatable bonds is 7. The number of piperidine rings is 1. The van der Waals surface area contributed by atoms with Gasteiger partial charge in [0.05, 0.1) is 12.8 Å². The van der Waals surface area contributed by atoms with E-state index >= 15 is 0 Å². The van der Waals surface area contributed by atoms with Crippen molar-refractivity contribution in [3.8, 4) is 0 Å². The van der Waals surface area contributed by atoms with Gasteiger partial charge < -0.3 is 14.2 Å². The summed E-state index contributed by atoms with van der Waals surface area (Å²) in [6.45, 7) is 2.90. The van der Waals surface area contributed by atoms with Gasteiger partial charge in [-0.1, -0.05) is 16.8 Å². The predicted octanol–water partition coefficient (Wildman–Crippen LogP) is 5.01. The maximum Gasteiger partial charge on any atom is 0.411 e. The molecule has 1 saturated heterocycles. The first kappa shape index (κ1) is 21.3. The number of halogens is 1. The Morgan fingerprint density at radius 1 is 1.16 bits per heavy atom. The van der Waals surface area contributed by atoms with Gasteiger partial charge in [0.1, 0.15) is 0 Å². The van der Waals surface area contributed by atoms with E-state index in [1.54, 1.807) is 42.6 Å². The minimum atomic E-state index is -0.494. The minimum absolute atomic E-state index is 0.0566. The van der Waals surface area contributed by atoms with Crippen molar-refractivity contribution in [3.63, 3.8) is 0 Å². The van der Waals surface area contributed by atoms with Crippen LogP contribution in [0, 0.1) is 5.92 Å². The van der Waals surface area contributed by atoms with Crippen molar-refractivity contribution in [2.45, 2.75) is 19.3 Å². The molecule has 162 valence electrons. The van der Waals surface area contributed by atoms with Crippen molar-refractivity contribution in [3.05, 3.63) is 59.2 Å². The molecule has 8 heteroatoms. The van der Waals surface area contributed by atoms with Crippen LogP contribution < -0.4 is 5.32 Å². The summed E-state index contributed by atoms with van der Waals surface area (Å²) in [5.41, 5.74) is 1.93. The maximum absolute atomic E-state index is 12.6. The fourth-order valence-electron chi connectivity index (χ4n) is 3.81. The van der Waals surface area contributed by atoms with Gasteiger partial charge in [0.15, 0.2) is 11.4 Å². The summed E-state index contributed by atoms with van der Waals surface area (Å²) in [5.74, 6) is 0.251. The van der Waals surface area contributed by atoms with Crippen molar-refractivity contribution in [1.29, 1.82) is 0 Å². The molecule has 1 amide bonds. The molecular weight excluding hydrogens is 418 g/mol. The van der Waals surface area contributed by atoms with E-state index < -0.39 is 6.09 Å². The van der Waals surface area contributed by atoms with E-state index in [-0.39, 0.29) is 11.7 Å². The molecule has 4 rings (SSSR count). The number of ether oxygens (including phenoxy) is 1. The van der Waals surface area contributed by atoms with E-state index in [0.29, 0.717) is 22.9 Å². The summed E-state index contributed by atoms with van der Waals surface area (Å²) >= 11 is 5.90. The van der Waals surface area contributed by atoms with Crippen molar-refractivity contribution in [2.24, 2.45) is 5.92 Å². The van der Waals surface area contributed by atoms with Gasteiger partial charge in [-0.15, -0.1) is 0 Å². The zero-order valence-corrected chi connectivity index (χ0v) is 17.8. The molecule has 31 heavy (non-hydrogen) atoms. The molecule has 1 fully saturated rings. The molecule has 2 aromatic carbocycles. The average molecular weight is 442 g/mol. The fraction of sp³-hybridized carbons (Fsp3) is 0.348. The summed E-state index contributed by atoms with van der Waals surface area (Å²) in [5, 5.41) is 7.91. The number of Topliss-reactive ketones (excluding diaryl/α,β-unsaturated/α-hetero) is 1. The number of anilines is 1. The Morgan fingerprint density at radius 3 is 2.71 bits per heavy atom. The first-order valence-electron chi connectivity index (χ1n) is 10.4. The van der Waals surface area contributed by atoms with E-state index in [1.807, 2.05) is 6.07 Å². The summed E-state index contributed by atoms with van der Waals surface area (Å²) in [6.07, 6.45) is 3.55. The highest BCUT2D eigenvalue weighted by atomic mass is 35.5. The zero-order chi connectivity index (χ0) is 21.6. The number of nitrogens with zero attached hydrogens (tertiary/aromatic N) is 2. The van der Waals surface area contributed by atoms with Crippen LogP contribution in [0.3, 0.4) is 0 Å². The smallest absolute Gasteiger partial charge is 0.411 e. The number of amides is 1. The van der Waals surface area contributed by atoms with Gasteiger partial charge in [-0.05, 0) is 68.8 Å². The van der Waals surface area contributed by atoms with Crippen molar-refractivity contribution >= 4 is 40.1 Å². The Labute approximate surface area is 185 Å². The van der Waals surface area contributed by atoms with Crippen LogP contribution in [0.2, 0.25) is 5.02 Å². The van der Waals surface area contributed by atoms with Crippen molar-refractivity contribution in [1.82, 2.24) is 10.1 Å². The third kappa shape index (κ3) is 5.62. The van der Waals surface area contributed by atoms with Crippen LogP contribution in [0.25, 0.3) is 11.0 Å². The van der Waals surface area contributed by atoms with E-state index in [2.05, 4.69) is 15.4 Å². The quantitative estimate of drug-likeness (QED) is 0.409. The second-order valence-electron chi connectivity index (χ2n) is 7.68. The number of aromatic nitrogens is 1. The molecule has 0 atom stereocenters. The zero-order valence-electron chi connectivity index (χ0n) is 17.1. The average Bonchev–Trinajstić information content (AvgIpc) is 3.25. The Bertz CT molecular complexity index is 1040. The first-order chi connectivity index (χ1) is 15.1. The molecule has 0 saturated carbocycles. The van der Waals surface area contributed by atoms with Gasteiger partial charge in [0, 0.05) is 40.2 Å². The number of carbonyl (C=O) groups excluding carboxylic acids is 2. The van der Waals surface area contributed by atoms with Crippen molar-refractivity contribution in [2.75, 3.05) is 31.6 Å². The Morgan fingerprint density at radius 2 is 1.94 bits per heavy atom. The van der Waals surface area contributed by atoms with Crippen LogP contribution in [0.1, 0.15) is 29.6 Å². The molecule has 0 bridgehead atoms. The van der Waals surface area contributed by atoms with Gasteiger partial charge in [0.25, 0.3) is 0 Å². The van der Waals surface area contributed by atoms with Crippen LogP contribution in [0.4, 0.5) is 10.5 Å². The second kappa shape index (κ2) is 9.94. The highest BCUT2D eigenvalue weighted by molar-refractivity contribution is 6.30. The minimum Gasteiger partial charge on any atom is -0.449 e. The van der Waals surface area contributed by atoms with E-state index in [1.165, 1.54) is 0 Å². The van der Waals surface area contributed by atoms with Gasteiger partial charge in [-0.3, -0.25) is 10.1 Å². The van der Waals surface area contributed by atoms with Crippen LogP contribution >= 0.6 is 11.6 Å². The largest absolute Gasteiger partial charge is 0.449 e. The molecule has 0 aliphatic carbocycles. The molecule has 2 heterocycles. The summed E-state index contributed by atoms with van der Waals surface area (Å²) in [6, 6.07) is 12.4. The molecule has 1 aliphatic rings. The predicted molar refractivity (Wildman–Crippen MR) is 119 cm³/mol. The SMILES string of the molecule is O=C(Nc1ccc2cnoc2c1)OCCCN1CCC(C(=O)c2ccc(Cl)cc2)CC1. The van der Waals surface area contributed by atoms with Gasteiger partial charge in [-0.25, -0.2) is 4.79 Å². The Hall–Kier alpha value is -2.90. The molecular formula is C23H24ClN3O4. The lowest BCUT2D eigenvalue weighted by molar-refractivity contribution is 0.0830. The van der Waals surface area contributed by atoms with Crippen LogP contribution in [-0.4, -0.2) is 48.2 Å². The van der Waals surface area contributed by atoms with Gasteiger partial charge in [0.2, 0.25) is 0 Å². The molecule has 0 radical (unpaired) electrons. The summed E-state index contributed by atoms with van der Waals surface area (Å²) in [4.78, 5) is 26.9.